The molecule has 43 heavy (non-hydrogen) atoms. The average molecular weight is 581 g/mol. The van der Waals surface area contributed by atoms with Gasteiger partial charge in [-0.1, -0.05) is 43.0 Å². The molecule has 0 spiro atoms. The third-order valence-corrected chi connectivity index (χ3v) is 9.14. The van der Waals surface area contributed by atoms with Gasteiger partial charge in [0.2, 0.25) is 12.5 Å². The van der Waals surface area contributed by atoms with Gasteiger partial charge >= 0.3 is 6.01 Å². The first-order valence-corrected chi connectivity index (χ1v) is 15.2. The quantitative estimate of drug-likeness (QED) is 0.295. The summed E-state index contributed by atoms with van der Waals surface area (Å²) in [6.45, 7) is 19.1. The highest BCUT2D eigenvalue weighted by Gasteiger charge is 2.36. The molecule has 0 aliphatic carbocycles. The predicted octanol–water partition coefficient (Wildman–Crippen LogP) is 4.74. The highest BCUT2D eigenvalue weighted by Crippen LogP contribution is 2.38. The molecule has 4 heterocycles. The molecule has 3 aliphatic rings. The van der Waals surface area contributed by atoms with Crippen LogP contribution in [-0.2, 0) is 22.6 Å². The van der Waals surface area contributed by atoms with E-state index < -0.39 is 0 Å². The number of aryl methyl sites for hydroxylation is 1. The molecule has 0 saturated carbocycles. The SMILES string of the molecule is [C-]#[N+]C[C@H]1CN(c2nc(OC[C@@H]3CCCN3C)nc3c2COC(c2cccc4cccc(C)c24)C3)CCN1C(=O)C(=C)C. The number of ether oxygens (including phenoxy) is 2. The van der Waals surface area contributed by atoms with Crippen LogP contribution in [0.4, 0.5) is 5.82 Å². The van der Waals surface area contributed by atoms with Gasteiger partial charge in [0.15, 0.2) is 0 Å². The Bertz CT molecular complexity index is 1580. The lowest BCUT2D eigenvalue weighted by Crippen LogP contribution is -2.57. The number of anilines is 1. The Labute approximate surface area is 253 Å². The van der Waals surface area contributed by atoms with Gasteiger partial charge < -0.3 is 29.0 Å². The molecule has 1 unspecified atom stereocenters. The van der Waals surface area contributed by atoms with Gasteiger partial charge in [0.1, 0.15) is 18.5 Å². The summed E-state index contributed by atoms with van der Waals surface area (Å²) in [5.74, 6) is 0.684. The zero-order valence-electron chi connectivity index (χ0n) is 25.4. The van der Waals surface area contributed by atoms with Crippen molar-refractivity contribution in [3.05, 3.63) is 82.4 Å². The van der Waals surface area contributed by atoms with Gasteiger partial charge in [0.25, 0.3) is 0 Å². The number of fused-ring (bicyclic) bond motifs is 2. The van der Waals surface area contributed by atoms with Crippen molar-refractivity contribution in [2.75, 3.05) is 51.3 Å². The maximum atomic E-state index is 12.9. The second-order valence-electron chi connectivity index (χ2n) is 12.1. The Balaban J connectivity index is 1.34. The number of carbonyl (C=O) groups excluding carboxylic acids is 1. The number of rotatable bonds is 7. The Hall–Kier alpha value is -4.00. The summed E-state index contributed by atoms with van der Waals surface area (Å²) in [6.07, 6.45) is 2.73. The van der Waals surface area contributed by atoms with Crippen LogP contribution >= 0.6 is 0 Å². The van der Waals surface area contributed by atoms with Crippen LogP contribution in [0.5, 0.6) is 6.01 Å². The molecule has 3 aliphatic heterocycles. The summed E-state index contributed by atoms with van der Waals surface area (Å²) >= 11 is 0. The predicted molar refractivity (Wildman–Crippen MR) is 167 cm³/mol. The number of benzene rings is 2. The van der Waals surface area contributed by atoms with Crippen molar-refractivity contribution in [1.29, 1.82) is 0 Å². The maximum absolute atomic E-state index is 12.9. The molecular formula is C34H40N6O3. The Morgan fingerprint density at radius 1 is 1.16 bits per heavy atom. The van der Waals surface area contributed by atoms with Crippen LogP contribution in [0.25, 0.3) is 15.6 Å². The van der Waals surface area contributed by atoms with Gasteiger partial charge in [-0.15, -0.1) is 0 Å². The zero-order chi connectivity index (χ0) is 30.1. The van der Waals surface area contributed by atoms with E-state index in [1.54, 1.807) is 11.8 Å². The van der Waals surface area contributed by atoms with E-state index in [9.17, 15) is 4.79 Å². The monoisotopic (exact) mass is 580 g/mol. The summed E-state index contributed by atoms with van der Waals surface area (Å²) in [4.78, 5) is 32.7. The number of likely N-dealkylation sites (tertiary alicyclic amines) is 1. The van der Waals surface area contributed by atoms with E-state index in [2.05, 4.69) is 71.6 Å². The molecule has 3 aromatic rings. The number of likely N-dealkylation sites (N-methyl/N-ethyl adjacent to an activating group) is 1. The third-order valence-electron chi connectivity index (χ3n) is 9.14. The number of piperazine rings is 1. The first kappa shape index (κ1) is 29.1. The maximum Gasteiger partial charge on any atom is 0.318 e. The van der Waals surface area contributed by atoms with Gasteiger partial charge in [-0.2, -0.15) is 9.97 Å². The number of hydrogen-bond donors (Lipinski definition) is 0. The number of amides is 1. The van der Waals surface area contributed by atoms with Gasteiger partial charge in [-0.25, -0.2) is 6.57 Å². The minimum Gasteiger partial charge on any atom is -0.462 e. The van der Waals surface area contributed by atoms with E-state index in [0.717, 1.165) is 30.0 Å². The molecule has 0 N–H and O–H groups in total. The van der Waals surface area contributed by atoms with Crippen LogP contribution in [0.15, 0.2) is 48.6 Å². The van der Waals surface area contributed by atoms with Crippen molar-refractivity contribution in [1.82, 2.24) is 19.8 Å². The number of carbonyl (C=O) groups is 1. The van der Waals surface area contributed by atoms with Crippen LogP contribution in [0.3, 0.4) is 0 Å². The summed E-state index contributed by atoms with van der Waals surface area (Å²) in [5, 5.41) is 2.43. The third kappa shape index (κ3) is 5.82. The van der Waals surface area contributed by atoms with Crippen LogP contribution in [0.1, 0.15) is 48.3 Å². The normalized spacial score (nSPS) is 22.3. The molecule has 224 valence electrons. The summed E-state index contributed by atoms with van der Waals surface area (Å²) in [6, 6.07) is 13.3. The standard InChI is InChI=1S/C34H40N6O3/c1-22(2)33(41)40-16-15-39(19-26(40)18-35-4)32-28-21-42-30(27-13-7-11-24-10-6-9-23(3)31(24)27)17-29(28)36-34(37-32)43-20-25-12-8-14-38(25)5/h6-7,9-11,13,25-26,30H,1,8,12,14-21H2,2-3,5H3/t25-,26-,30?/m0/s1. The van der Waals surface area contributed by atoms with Gasteiger partial charge in [-0.05, 0) is 62.2 Å². The Kier molecular flexibility index (Phi) is 8.33. The van der Waals surface area contributed by atoms with E-state index >= 15 is 0 Å². The van der Waals surface area contributed by atoms with Gasteiger partial charge in [0, 0.05) is 43.2 Å². The molecule has 9 nitrogen and oxygen atoms in total. The second kappa shape index (κ2) is 12.3. The van der Waals surface area contributed by atoms with Crippen molar-refractivity contribution in [2.24, 2.45) is 0 Å². The molecular weight excluding hydrogens is 540 g/mol. The number of nitrogens with zero attached hydrogens (tertiary/aromatic N) is 6. The Morgan fingerprint density at radius 3 is 2.72 bits per heavy atom. The molecule has 0 radical (unpaired) electrons. The van der Waals surface area contributed by atoms with E-state index in [4.69, 9.17) is 26.0 Å². The van der Waals surface area contributed by atoms with Crippen molar-refractivity contribution < 1.29 is 14.3 Å². The van der Waals surface area contributed by atoms with Gasteiger partial charge in [0.05, 0.1) is 18.4 Å². The highest BCUT2D eigenvalue weighted by molar-refractivity contribution is 5.92. The molecule has 2 fully saturated rings. The fourth-order valence-electron chi connectivity index (χ4n) is 6.77. The molecule has 1 amide bonds. The Morgan fingerprint density at radius 2 is 1.98 bits per heavy atom. The fraction of sp³-hybridized carbons (Fsp3) is 0.471. The van der Waals surface area contributed by atoms with Gasteiger partial charge in [-0.3, -0.25) is 4.79 Å². The summed E-state index contributed by atoms with van der Waals surface area (Å²) in [5.41, 5.74) is 4.77. The van der Waals surface area contributed by atoms with Crippen LogP contribution in [0.2, 0.25) is 0 Å². The molecule has 2 aromatic carbocycles. The van der Waals surface area contributed by atoms with E-state index in [-0.39, 0.29) is 24.6 Å². The van der Waals surface area contributed by atoms with E-state index in [1.807, 2.05) is 0 Å². The lowest BCUT2D eigenvalue weighted by atomic mass is 9.92. The van der Waals surface area contributed by atoms with Crippen LogP contribution in [0, 0.1) is 13.5 Å². The fourth-order valence-corrected chi connectivity index (χ4v) is 6.77. The van der Waals surface area contributed by atoms with Crippen LogP contribution < -0.4 is 9.64 Å². The first-order chi connectivity index (χ1) is 20.8. The highest BCUT2D eigenvalue weighted by atomic mass is 16.5. The lowest BCUT2D eigenvalue weighted by molar-refractivity contribution is -0.129. The smallest absolute Gasteiger partial charge is 0.318 e. The van der Waals surface area contributed by atoms with Crippen molar-refractivity contribution >= 4 is 22.5 Å². The first-order valence-electron chi connectivity index (χ1n) is 15.2. The topological polar surface area (TPSA) is 75.4 Å². The molecule has 0 bridgehead atoms. The van der Waals surface area contributed by atoms with Crippen molar-refractivity contribution in [3.63, 3.8) is 0 Å². The van der Waals surface area contributed by atoms with Crippen molar-refractivity contribution in [2.45, 2.75) is 57.9 Å². The van der Waals surface area contributed by atoms with E-state index in [1.165, 1.54) is 28.3 Å². The zero-order valence-corrected chi connectivity index (χ0v) is 25.4. The molecule has 1 aromatic heterocycles. The summed E-state index contributed by atoms with van der Waals surface area (Å²) < 4.78 is 12.9. The number of aromatic nitrogens is 2. The number of hydrogen-bond acceptors (Lipinski definition) is 7. The molecule has 9 heteroatoms. The minimum absolute atomic E-state index is 0.0979. The largest absolute Gasteiger partial charge is 0.462 e. The van der Waals surface area contributed by atoms with Crippen molar-refractivity contribution in [3.8, 4) is 6.01 Å². The van der Waals surface area contributed by atoms with E-state index in [0.29, 0.717) is 56.9 Å². The molecule has 3 atom stereocenters. The van der Waals surface area contributed by atoms with Crippen LogP contribution in [-0.4, -0.2) is 84.1 Å². The minimum atomic E-state index is -0.256. The average Bonchev–Trinajstić information content (AvgIpc) is 3.43. The second-order valence-corrected chi connectivity index (χ2v) is 12.1. The lowest BCUT2D eigenvalue weighted by Gasteiger charge is -2.41. The molecule has 2 saturated heterocycles. The summed E-state index contributed by atoms with van der Waals surface area (Å²) in [7, 11) is 2.14. The molecule has 6 rings (SSSR count).